The van der Waals surface area contributed by atoms with E-state index in [1.165, 1.54) is 7.11 Å². The normalized spacial score (nSPS) is 12.0. The zero-order valence-corrected chi connectivity index (χ0v) is 12.7. The van der Waals surface area contributed by atoms with Crippen LogP contribution in [0.5, 0.6) is 0 Å². The number of hydrogen-bond acceptors (Lipinski definition) is 3. The fourth-order valence-electron chi connectivity index (χ4n) is 1.78. The molecule has 0 aliphatic carbocycles. The number of unbranched alkanes of at least 4 members (excludes halogenated alkanes) is 1. The van der Waals surface area contributed by atoms with Gasteiger partial charge in [0, 0.05) is 10.2 Å². The maximum Gasteiger partial charge on any atom is 0.328 e. The van der Waals surface area contributed by atoms with Crippen molar-refractivity contribution in [3.05, 3.63) is 28.2 Å². The van der Waals surface area contributed by atoms with Gasteiger partial charge in [0.15, 0.2) is 0 Å². The summed E-state index contributed by atoms with van der Waals surface area (Å²) in [6.07, 6.45) is 2.86. The van der Waals surface area contributed by atoms with E-state index in [4.69, 9.17) is 4.74 Å². The zero-order chi connectivity index (χ0) is 13.5. The summed E-state index contributed by atoms with van der Waals surface area (Å²) in [6, 6.07) is 5.69. The van der Waals surface area contributed by atoms with Gasteiger partial charge in [-0.2, -0.15) is 0 Å². The van der Waals surface area contributed by atoms with Crippen LogP contribution < -0.4 is 5.32 Å². The molecule has 1 N–H and O–H groups in total. The first kappa shape index (κ1) is 15.0. The molecule has 0 radical (unpaired) electrons. The molecule has 0 aliphatic rings. The number of nitrogens with one attached hydrogen (secondary N) is 1. The Morgan fingerprint density at radius 2 is 2.22 bits per heavy atom. The van der Waals surface area contributed by atoms with Crippen LogP contribution in [0.2, 0.25) is 0 Å². The van der Waals surface area contributed by atoms with Crippen LogP contribution in [0.4, 0.5) is 5.69 Å². The van der Waals surface area contributed by atoms with E-state index in [2.05, 4.69) is 28.2 Å². The average Bonchev–Trinajstić information content (AvgIpc) is 2.36. The molecule has 18 heavy (non-hydrogen) atoms. The summed E-state index contributed by atoms with van der Waals surface area (Å²) in [5.41, 5.74) is 2.08. The maximum absolute atomic E-state index is 11.7. The molecule has 0 spiro atoms. The molecule has 3 nitrogen and oxygen atoms in total. The third kappa shape index (κ3) is 4.33. The minimum absolute atomic E-state index is 0.203. The number of ether oxygens (including phenoxy) is 1. The Morgan fingerprint density at radius 3 is 2.78 bits per heavy atom. The summed E-state index contributed by atoms with van der Waals surface area (Å²) < 4.78 is 5.87. The number of rotatable bonds is 6. The number of methoxy groups -OCH3 is 1. The molecule has 0 saturated carbocycles. The Labute approximate surface area is 117 Å². The van der Waals surface area contributed by atoms with Crippen molar-refractivity contribution in [3.63, 3.8) is 0 Å². The minimum Gasteiger partial charge on any atom is -0.467 e. The first-order valence-electron chi connectivity index (χ1n) is 6.19. The predicted molar refractivity (Wildman–Crippen MR) is 77.8 cm³/mol. The highest BCUT2D eigenvalue weighted by Crippen LogP contribution is 2.21. The van der Waals surface area contributed by atoms with Gasteiger partial charge in [-0.05, 0) is 37.1 Å². The summed E-state index contributed by atoms with van der Waals surface area (Å²) in [4.78, 5) is 11.7. The van der Waals surface area contributed by atoms with E-state index in [-0.39, 0.29) is 12.0 Å². The molecule has 1 aromatic carbocycles. The van der Waals surface area contributed by atoms with Gasteiger partial charge in [-0.3, -0.25) is 0 Å². The van der Waals surface area contributed by atoms with Gasteiger partial charge in [0.2, 0.25) is 0 Å². The molecule has 100 valence electrons. The van der Waals surface area contributed by atoms with Crippen LogP contribution in [-0.2, 0) is 9.53 Å². The molecule has 0 saturated heterocycles. The number of carbonyl (C=O) groups excluding carboxylic acids is 1. The standard InChI is InChI=1S/C14H20BrNO2/c1-4-5-6-13(14(17)18-3)16-12-8-7-11(15)9-10(12)2/h7-9,13,16H,4-6H2,1-3H3. The lowest BCUT2D eigenvalue weighted by atomic mass is 10.1. The lowest BCUT2D eigenvalue weighted by molar-refractivity contribution is -0.141. The third-order valence-corrected chi connectivity index (χ3v) is 3.34. The second-order valence-electron chi connectivity index (χ2n) is 4.32. The lowest BCUT2D eigenvalue weighted by Gasteiger charge is -2.19. The second-order valence-corrected chi connectivity index (χ2v) is 5.24. The van der Waals surface area contributed by atoms with Crippen molar-refractivity contribution >= 4 is 27.6 Å². The summed E-state index contributed by atoms with van der Waals surface area (Å²) in [6.45, 7) is 4.13. The Balaban J connectivity index is 2.78. The molecule has 0 aromatic heterocycles. The van der Waals surface area contributed by atoms with Gasteiger partial charge in [0.25, 0.3) is 0 Å². The van der Waals surface area contributed by atoms with E-state index in [0.29, 0.717) is 0 Å². The molecular weight excluding hydrogens is 294 g/mol. The van der Waals surface area contributed by atoms with Crippen LogP contribution in [0.3, 0.4) is 0 Å². The molecule has 1 aromatic rings. The number of halogens is 1. The van der Waals surface area contributed by atoms with Crippen molar-refractivity contribution < 1.29 is 9.53 Å². The van der Waals surface area contributed by atoms with Crippen LogP contribution in [0.1, 0.15) is 31.7 Å². The molecule has 1 atom stereocenters. The van der Waals surface area contributed by atoms with E-state index in [1.54, 1.807) is 0 Å². The van der Waals surface area contributed by atoms with Gasteiger partial charge in [0.05, 0.1) is 7.11 Å². The summed E-state index contributed by atoms with van der Waals surface area (Å²) in [5.74, 6) is -0.203. The van der Waals surface area contributed by atoms with Gasteiger partial charge >= 0.3 is 5.97 Å². The predicted octanol–water partition coefficient (Wildman–Crippen LogP) is 3.90. The van der Waals surface area contributed by atoms with Crippen LogP contribution in [0, 0.1) is 6.92 Å². The number of carbonyl (C=O) groups is 1. The second kappa shape index (κ2) is 7.41. The zero-order valence-electron chi connectivity index (χ0n) is 11.1. The Morgan fingerprint density at radius 1 is 1.50 bits per heavy atom. The van der Waals surface area contributed by atoms with Crippen molar-refractivity contribution in [1.29, 1.82) is 0 Å². The monoisotopic (exact) mass is 313 g/mol. The summed E-state index contributed by atoms with van der Waals surface area (Å²) in [5, 5.41) is 3.26. The van der Waals surface area contributed by atoms with Crippen molar-refractivity contribution in [2.24, 2.45) is 0 Å². The van der Waals surface area contributed by atoms with Crippen LogP contribution >= 0.6 is 15.9 Å². The first-order chi connectivity index (χ1) is 8.58. The van der Waals surface area contributed by atoms with E-state index < -0.39 is 0 Å². The van der Waals surface area contributed by atoms with E-state index in [1.807, 2.05) is 25.1 Å². The quantitative estimate of drug-likeness (QED) is 0.809. The topological polar surface area (TPSA) is 38.3 Å². The average molecular weight is 314 g/mol. The lowest BCUT2D eigenvalue weighted by Crippen LogP contribution is -2.30. The smallest absolute Gasteiger partial charge is 0.328 e. The van der Waals surface area contributed by atoms with Crippen molar-refractivity contribution in [2.75, 3.05) is 12.4 Å². The summed E-state index contributed by atoms with van der Waals surface area (Å²) >= 11 is 3.43. The minimum atomic E-state index is -0.269. The van der Waals surface area contributed by atoms with Crippen LogP contribution in [-0.4, -0.2) is 19.1 Å². The van der Waals surface area contributed by atoms with Gasteiger partial charge in [-0.15, -0.1) is 0 Å². The fourth-order valence-corrected chi connectivity index (χ4v) is 2.25. The maximum atomic E-state index is 11.7. The largest absolute Gasteiger partial charge is 0.467 e. The number of hydrogen-bond donors (Lipinski definition) is 1. The number of aryl methyl sites for hydroxylation is 1. The van der Waals surface area contributed by atoms with Crippen LogP contribution in [0.15, 0.2) is 22.7 Å². The van der Waals surface area contributed by atoms with E-state index in [0.717, 1.165) is 35.0 Å². The molecule has 0 amide bonds. The Hall–Kier alpha value is -1.03. The molecule has 0 bridgehead atoms. The highest BCUT2D eigenvalue weighted by atomic mass is 79.9. The molecule has 0 heterocycles. The van der Waals surface area contributed by atoms with Crippen molar-refractivity contribution in [3.8, 4) is 0 Å². The molecule has 0 fully saturated rings. The Kier molecular flexibility index (Phi) is 6.19. The van der Waals surface area contributed by atoms with Gasteiger partial charge in [-0.1, -0.05) is 35.7 Å². The molecule has 4 heteroatoms. The van der Waals surface area contributed by atoms with Gasteiger partial charge in [0.1, 0.15) is 6.04 Å². The number of benzene rings is 1. The SMILES string of the molecule is CCCCC(Nc1ccc(Br)cc1C)C(=O)OC. The van der Waals surface area contributed by atoms with Crippen molar-refractivity contribution in [2.45, 2.75) is 39.2 Å². The Bertz CT molecular complexity index is 407. The summed E-state index contributed by atoms with van der Waals surface area (Å²) in [7, 11) is 1.43. The third-order valence-electron chi connectivity index (χ3n) is 2.85. The first-order valence-corrected chi connectivity index (χ1v) is 6.98. The highest BCUT2D eigenvalue weighted by molar-refractivity contribution is 9.10. The highest BCUT2D eigenvalue weighted by Gasteiger charge is 2.18. The van der Waals surface area contributed by atoms with Gasteiger partial charge in [-0.25, -0.2) is 4.79 Å². The molecule has 1 rings (SSSR count). The number of esters is 1. The van der Waals surface area contributed by atoms with Crippen LogP contribution in [0.25, 0.3) is 0 Å². The fraction of sp³-hybridized carbons (Fsp3) is 0.500. The molecule has 0 aliphatic heterocycles. The van der Waals surface area contributed by atoms with Gasteiger partial charge < -0.3 is 10.1 Å². The van der Waals surface area contributed by atoms with E-state index >= 15 is 0 Å². The molecule has 1 unspecified atom stereocenters. The van der Waals surface area contributed by atoms with Crippen molar-refractivity contribution in [1.82, 2.24) is 0 Å². The number of anilines is 1. The van der Waals surface area contributed by atoms with E-state index in [9.17, 15) is 4.79 Å². The molecular formula is C14H20BrNO2.